The SMILES string of the molecule is C=C1c2c(sc(CN3CCNC3=O)c2C)N(CCCC)C(=C)N1CCCF. The van der Waals surface area contributed by atoms with Crippen LogP contribution in [0.3, 0.4) is 0 Å². The Bertz CT molecular complexity index is 745. The summed E-state index contributed by atoms with van der Waals surface area (Å²) in [5, 5.41) is 4.01. The van der Waals surface area contributed by atoms with Gasteiger partial charge >= 0.3 is 6.03 Å². The van der Waals surface area contributed by atoms with Gasteiger partial charge in [-0.25, -0.2) is 4.79 Å². The molecule has 2 aliphatic rings. The molecule has 5 nitrogen and oxygen atoms in total. The monoisotopic (exact) mass is 392 g/mol. The third-order valence-electron chi connectivity index (χ3n) is 5.24. The van der Waals surface area contributed by atoms with E-state index < -0.39 is 0 Å². The molecule has 7 heteroatoms. The van der Waals surface area contributed by atoms with E-state index in [1.165, 1.54) is 10.4 Å². The Balaban J connectivity index is 1.95. The maximum atomic E-state index is 12.8. The second-order valence-electron chi connectivity index (χ2n) is 7.05. The van der Waals surface area contributed by atoms with Crippen LogP contribution < -0.4 is 10.2 Å². The van der Waals surface area contributed by atoms with Crippen LogP contribution in [0.2, 0.25) is 0 Å². The average Bonchev–Trinajstić information content (AvgIpc) is 3.19. The molecule has 1 saturated heterocycles. The van der Waals surface area contributed by atoms with Crippen molar-refractivity contribution in [3.05, 3.63) is 35.0 Å². The van der Waals surface area contributed by atoms with Crippen LogP contribution in [0.5, 0.6) is 0 Å². The Hall–Kier alpha value is -2.02. The molecule has 0 saturated carbocycles. The highest BCUT2D eigenvalue weighted by atomic mass is 32.1. The summed E-state index contributed by atoms with van der Waals surface area (Å²) >= 11 is 1.72. The van der Waals surface area contributed by atoms with Gasteiger partial charge in [0.25, 0.3) is 0 Å². The lowest BCUT2D eigenvalue weighted by molar-refractivity contribution is 0.216. The number of amides is 2. The number of nitrogens with zero attached hydrogens (tertiary/aromatic N) is 3. The van der Waals surface area contributed by atoms with E-state index >= 15 is 0 Å². The standard InChI is InChI=1S/C20H29FN4OS/c1-5-6-10-25-16(4)24(11-7-8-21)15(3)18-14(2)17(27-19(18)25)13-23-12-9-22-20(23)26/h3-13H2,1-2H3,(H,22,26). The molecule has 27 heavy (non-hydrogen) atoms. The molecule has 0 bridgehead atoms. The number of urea groups is 1. The number of alkyl halides is 1. The molecular formula is C20H29FN4OS. The third-order valence-corrected chi connectivity index (χ3v) is 6.54. The predicted octanol–water partition coefficient (Wildman–Crippen LogP) is 4.31. The van der Waals surface area contributed by atoms with Crippen molar-refractivity contribution in [2.45, 2.75) is 39.7 Å². The summed E-state index contributed by atoms with van der Waals surface area (Å²) in [5.41, 5.74) is 3.18. The first-order valence-corrected chi connectivity index (χ1v) is 10.5. The Kier molecular flexibility index (Phi) is 6.09. The fourth-order valence-corrected chi connectivity index (χ4v) is 5.03. The van der Waals surface area contributed by atoms with Crippen LogP contribution in [0.15, 0.2) is 19.0 Å². The van der Waals surface area contributed by atoms with Gasteiger partial charge in [-0.15, -0.1) is 11.3 Å². The summed E-state index contributed by atoms with van der Waals surface area (Å²) in [5.74, 6) is 0.876. The van der Waals surface area contributed by atoms with Gasteiger partial charge in [-0.3, -0.25) is 4.39 Å². The number of hydrogen-bond acceptors (Lipinski definition) is 4. The molecule has 148 valence electrons. The molecule has 1 fully saturated rings. The molecule has 0 spiro atoms. The van der Waals surface area contributed by atoms with Gasteiger partial charge < -0.3 is 20.0 Å². The number of halogens is 1. The molecule has 1 N–H and O–H groups in total. The number of carbonyl (C=O) groups is 1. The molecule has 0 radical (unpaired) electrons. The number of rotatable bonds is 8. The van der Waals surface area contributed by atoms with Gasteiger partial charge in [-0.1, -0.05) is 26.5 Å². The summed E-state index contributed by atoms with van der Waals surface area (Å²) in [6.45, 7) is 16.0. The van der Waals surface area contributed by atoms with Gasteiger partial charge in [-0.2, -0.15) is 0 Å². The minimum atomic E-state index is -0.350. The van der Waals surface area contributed by atoms with Crippen LogP contribution in [0.25, 0.3) is 5.70 Å². The molecule has 2 aliphatic heterocycles. The zero-order chi connectivity index (χ0) is 19.6. The minimum absolute atomic E-state index is 0.00332. The summed E-state index contributed by atoms with van der Waals surface area (Å²) < 4.78 is 12.8. The number of fused-ring (bicyclic) bond motifs is 1. The van der Waals surface area contributed by atoms with Crippen molar-refractivity contribution in [3.63, 3.8) is 0 Å². The van der Waals surface area contributed by atoms with Crippen molar-refractivity contribution in [2.75, 3.05) is 37.8 Å². The summed E-state index contributed by atoms with van der Waals surface area (Å²) in [4.78, 5) is 19.3. The van der Waals surface area contributed by atoms with Crippen molar-refractivity contribution in [2.24, 2.45) is 0 Å². The lowest BCUT2D eigenvalue weighted by atomic mass is 10.0. The molecule has 0 aromatic carbocycles. The van der Waals surface area contributed by atoms with Crippen LogP contribution in [0, 0.1) is 6.92 Å². The molecule has 3 heterocycles. The summed E-state index contributed by atoms with van der Waals surface area (Å²) in [6.07, 6.45) is 2.61. The van der Waals surface area contributed by atoms with E-state index in [1.54, 1.807) is 11.3 Å². The van der Waals surface area contributed by atoms with Gasteiger partial charge in [0, 0.05) is 42.3 Å². The van der Waals surface area contributed by atoms with Crippen LogP contribution >= 0.6 is 11.3 Å². The molecule has 0 aliphatic carbocycles. The molecule has 2 amide bonds. The lowest BCUT2D eigenvalue weighted by Crippen LogP contribution is -2.39. The zero-order valence-corrected chi connectivity index (χ0v) is 17.1. The van der Waals surface area contributed by atoms with Gasteiger partial charge in [0.05, 0.1) is 13.2 Å². The predicted molar refractivity (Wildman–Crippen MR) is 111 cm³/mol. The van der Waals surface area contributed by atoms with Gasteiger partial charge in [0.1, 0.15) is 10.8 Å². The number of hydrogen-bond donors (Lipinski definition) is 1. The second kappa shape index (κ2) is 8.33. The highest BCUT2D eigenvalue weighted by molar-refractivity contribution is 7.16. The van der Waals surface area contributed by atoms with Gasteiger partial charge in [0.2, 0.25) is 0 Å². The summed E-state index contributed by atoms with van der Waals surface area (Å²) in [6, 6.07) is -0.00332. The molecule has 3 rings (SSSR count). The Labute approximate surface area is 165 Å². The van der Waals surface area contributed by atoms with Crippen molar-refractivity contribution in [1.82, 2.24) is 15.1 Å². The Morgan fingerprint density at radius 2 is 1.96 bits per heavy atom. The average molecular weight is 393 g/mol. The normalized spacial score (nSPS) is 17.0. The maximum absolute atomic E-state index is 12.8. The fraction of sp³-hybridized carbons (Fsp3) is 0.550. The first-order chi connectivity index (χ1) is 13.0. The first kappa shape index (κ1) is 19.7. The van der Waals surface area contributed by atoms with Crippen LogP contribution in [-0.2, 0) is 6.54 Å². The van der Waals surface area contributed by atoms with Crippen molar-refractivity contribution >= 4 is 28.1 Å². The lowest BCUT2D eigenvalue weighted by Gasteiger charge is -2.41. The topological polar surface area (TPSA) is 38.8 Å². The first-order valence-electron chi connectivity index (χ1n) is 9.63. The van der Waals surface area contributed by atoms with E-state index in [-0.39, 0.29) is 12.7 Å². The summed E-state index contributed by atoms with van der Waals surface area (Å²) in [7, 11) is 0. The molecule has 0 atom stereocenters. The quantitative estimate of drug-likeness (QED) is 0.717. The Morgan fingerprint density at radius 3 is 2.59 bits per heavy atom. The largest absolute Gasteiger partial charge is 0.336 e. The Morgan fingerprint density at radius 1 is 1.22 bits per heavy atom. The van der Waals surface area contributed by atoms with Crippen molar-refractivity contribution in [1.29, 1.82) is 0 Å². The minimum Gasteiger partial charge on any atom is -0.336 e. The molecular weight excluding hydrogens is 363 g/mol. The molecule has 0 unspecified atom stereocenters. The van der Waals surface area contributed by atoms with E-state index in [0.717, 1.165) is 48.0 Å². The van der Waals surface area contributed by atoms with E-state index in [0.29, 0.717) is 26.1 Å². The van der Waals surface area contributed by atoms with Crippen LogP contribution in [0.1, 0.15) is 42.2 Å². The van der Waals surface area contributed by atoms with Crippen molar-refractivity contribution < 1.29 is 9.18 Å². The van der Waals surface area contributed by atoms with Gasteiger partial charge in [0.15, 0.2) is 0 Å². The number of anilines is 1. The fourth-order valence-electron chi connectivity index (χ4n) is 3.64. The van der Waals surface area contributed by atoms with E-state index in [4.69, 9.17) is 0 Å². The van der Waals surface area contributed by atoms with Gasteiger partial charge in [-0.05, 0) is 25.3 Å². The number of carbonyl (C=O) groups excluding carboxylic acids is 1. The second-order valence-corrected chi connectivity index (χ2v) is 8.13. The molecule has 1 aromatic rings. The van der Waals surface area contributed by atoms with E-state index in [1.807, 2.05) is 9.80 Å². The van der Waals surface area contributed by atoms with Crippen molar-refractivity contribution in [3.8, 4) is 0 Å². The van der Waals surface area contributed by atoms with E-state index in [2.05, 4.69) is 37.2 Å². The number of nitrogens with one attached hydrogen (secondary N) is 1. The number of unbranched alkanes of at least 4 members (excludes halogenated alkanes) is 1. The smallest absolute Gasteiger partial charge is 0.317 e. The third kappa shape index (κ3) is 3.70. The van der Waals surface area contributed by atoms with E-state index in [9.17, 15) is 9.18 Å². The highest BCUT2D eigenvalue weighted by Gasteiger charge is 2.33. The van der Waals surface area contributed by atoms with Crippen LogP contribution in [0.4, 0.5) is 14.2 Å². The number of thiophene rings is 1. The maximum Gasteiger partial charge on any atom is 0.317 e. The highest BCUT2D eigenvalue weighted by Crippen LogP contribution is 2.47. The zero-order valence-electron chi connectivity index (χ0n) is 16.3. The van der Waals surface area contributed by atoms with Crippen LogP contribution in [-0.4, -0.2) is 48.7 Å². The molecule has 1 aromatic heterocycles.